The van der Waals surface area contributed by atoms with E-state index in [1.165, 1.54) is 12.1 Å². The fraction of sp³-hybridized carbons (Fsp3) is 0.520. The third-order valence-corrected chi connectivity index (χ3v) is 7.28. The van der Waals surface area contributed by atoms with Crippen LogP contribution in [-0.4, -0.2) is 75.5 Å². The van der Waals surface area contributed by atoms with Crippen LogP contribution in [0.25, 0.3) is 0 Å². The number of fused-ring (bicyclic) bond motifs is 1. The van der Waals surface area contributed by atoms with Crippen LogP contribution in [0.5, 0.6) is 5.75 Å². The van der Waals surface area contributed by atoms with Crippen LogP contribution >= 0.6 is 0 Å². The zero-order chi connectivity index (χ0) is 24.9. The van der Waals surface area contributed by atoms with E-state index in [9.17, 15) is 19.1 Å². The number of aromatic hydroxyl groups is 1. The molecule has 0 bridgehead atoms. The van der Waals surface area contributed by atoms with E-state index in [1.54, 1.807) is 22.8 Å². The molecular formula is C25H31FN6O3. The Morgan fingerprint density at radius 3 is 2.54 bits per heavy atom. The maximum absolute atomic E-state index is 14.2. The molecule has 0 unspecified atom stereocenters. The first-order valence-corrected chi connectivity index (χ1v) is 12.2. The standard InChI is InChI=1S/C25H31FN6O3/c1-15(2)32-14-18-22(24(32)35)27-25(30-11-9-29(10-12-30)16(3)33)28-23(18)31-8-4-5-20(31)17-6-7-21(34)19(26)13-17/h6-7,13,15,20,34H,4-5,8-12,14H2,1-3H3/t20-/m1/s1. The quantitative estimate of drug-likeness (QED) is 0.716. The van der Waals surface area contributed by atoms with Crippen LogP contribution in [0.2, 0.25) is 0 Å². The molecule has 1 atom stereocenters. The molecule has 0 saturated carbocycles. The fourth-order valence-electron chi connectivity index (χ4n) is 5.28. The molecule has 1 N–H and O–H groups in total. The summed E-state index contributed by atoms with van der Waals surface area (Å²) in [6, 6.07) is 4.42. The first kappa shape index (κ1) is 23.3. The van der Waals surface area contributed by atoms with Crippen molar-refractivity contribution >= 4 is 23.6 Å². The van der Waals surface area contributed by atoms with Crippen LogP contribution in [0.3, 0.4) is 0 Å². The number of anilines is 2. The second-order valence-corrected chi connectivity index (χ2v) is 9.76. The normalized spacial score (nSPS) is 20.3. The molecule has 2 fully saturated rings. The van der Waals surface area contributed by atoms with Gasteiger partial charge < -0.3 is 24.7 Å². The molecule has 0 radical (unpaired) electrons. The van der Waals surface area contributed by atoms with Crippen molar-refractivity contribution in [2.45, 2.75) is 52.2 Å². The zero-order valence-corrected chi connectivity index (χ0v) is 20.4. The maximum Gasteiger partial charge on any atom is 0.273 e. The molecule has 2 saturated heterocycles. The Morgan fingerprint density at radius 2 is 1.89 bits per heavy atom. The highest BCUT2D eigenvalue weighted by molar-refractivity contribution is 5.98. The molecule has 10 heteroatoms. The number of carbonyl (C=O) groups is 2. The highest BCUT2D eigenvalue weighted by Crippen LogP contribution is 2.41. The number of hydrogen-bond acceptors (Lipinski definition) is 7. The van der Waals surface area contributed by atoms with E-state index in [-0.39, 0.29) is 29.6 Å². The molecule has 1 aromatic heterocycles. The topological polar surface area (TPSA) is 93.1 Å². The van der Waals surface area contributed by atoms with E-state index in [1.807, 2.05) is 18.7 Å². The van der Waals surface area contributed by atoms with E-state index in [2.05, 4.69) is 4.90 Å². The van der Waals surface area contributed by atoms with Gasteiger partial charge in [0.25, 0.3) is 5.91 Å². The molecule has 4 heterocycles. The third kappa shape index (κ3) is 4.15. The van der Waals surface area contributed by atoms with Gasteiger partial charge in [-0.1, -0.05) is 6.07 Å². The molecule has 3 aliphatic heterocycles. The lowest BCUT2D eigenvalue weighted by atomic mass is 10.0. The molecule has 9 nitrogen and oxygen atoms in total. The zero-order valence-electron chi connectivity index (χ0n) is 20.4. The van der Waals surface area contributed by atoms with Crippen LogP contribution in [-0.2, 0) is 11.3 Å². The van der Waals surface area contributed by atoms with Gasteiger partial charge in [0.1, 0.15) is 11.5 Å². The molecular weight excluding hydrogens is 451 g/mol. The summed E-state index contributed by atoms with van der Waals surface area (Å²) in [6.07, 6.45) is 1.72. The lowest BCUT2D eigenvalue weighted by Gasteiger charge is -2.35. The summed E-state index contributed by atoms with van der Waals surface area (Å²) < 4.78 is 14.2. The van der Waals surface area contributed by atoms with Crippen molar-refractivity contribution in [2.24, 2.45) is 0 Å². The third-order valence-electron chi connectivity index (χ3n) is 7.28. The van der Waals surface area contributed by atoms with Crippen molar-refractivity contribution in [3.63, 3.8) is 0 Å². The predicted molar refractivity (Wildman–Crippen MR) is 129 cm³/mol. The second-order valence-electron chi connectivity index (χ2n) is 9.76. The van der Waals surface area contributed by atoms with Crippen molar-refractivity contribution in [1.82, 2.24) is 19.8 Å². The Balaban J connectivity index is 1.54. The van der Waals surface area contributed by atoms with Gasteiger partial charge in [-0.2, -0.15) is 4.98 Å². The van der Waals surface area contributed by atoms with E-state index in [0.29, 0.717) is 50.2 Å². The molecule has 2 aromatic rings. The number of phenols is 1. The number of hydrogen-bond donors (Lipinski definition) is 1. The van der Waals surface area contributed by atoms with Gasteiger partial charge in [-0.25, -0.2) is 9.37 Å². The van der Waals surface area contributed by atoms with Crippen LogP contribution in [0.4, 0.5) is 16.2 Å². The summed E-state index contributed by atoms with van der Waals surface area (Å²) in [5, 5.41) is 9.66. The molecule has 5 rings (SSSR count). The fourth-order valence-corrected chi connectivity index (χ4v) is 5.28. The maximum atomic E-state index is 14.2. The predicted octanol–water partition coefficient (Wildman–Crippen LogP) is 2.70. The largest absolute Gasteiger partial charge is 0.505 e. The van der Waals surface area contributed by atoms with Crippen molar-refractivity contribution < 1.29 is 19.1 Å². The number of phenolic OH excluding ortho intramolecular Hbond substituents is 1. The van der Waals surface area contributed by atoms with Gasteiger partial charge in [-0.3, -0.25) is 9.59 Å². The number of piperazine rings is 1. The summed E-state index contributed by atoms with van der Waals surface area (Å²) in [7, 11) is 0. The first-order valence-electron chi connectivity index (χ1n) is 12.2. The minimum atomic E-state index is -0.646. The Labute approximate surface area is 204 Å². The van der Waals surface area contributed by atoms with E-state index in [4.69, 9.17) is 9.97 Å². The lowest BCUT2D eigenvalue weighted by Crippen LogP contribution is -2.48. The Bertz CT molecular complexity index is 1160. The highest BCUT2D eigenvalue weighted by atomic mass is 19.1. The van der Waals surface area contributed by atoms with Crippen LogP contribution < -0.4 is 9.80 Å². The summed E-state index contributed by atoms with van der Waals surface area (Å²) in [5.41, 5.74) is 2.00. The van der Waals surface area contributed by atoms with Crippen LogP contribution in [0.15, 0.2) is 18.2 Å². The minimum absolute atomic E-state index is 0.0210. The number of benzene rings is 1. The number of amides is 2. The van der Waals surface area contributed by atoms with Gasteiger partial charge in [0.05, 0.1) is 12.6 Å². The molecule has 0 spiro atoms. The number of aromatic nitrogens is 2. The smallest absolute Gasteiger partial charge is 0.273 e. The number of rotatable bonds is 4. The second kappa shape index (κ2) is 8.98. The highest BCUT2D eigenvalue weighted by Gasteiger charge is 2.39. The first-order chi connectivity index (χ1) is 16.7. The van der Waals surface area contributed by atoms with Gasteiger partial charge in [-0.05, 0) is 44.4 Å². The van der Waals surface area contributed by atoms with Crippen LogP contribution in [0.1, 0.15) is 61.3 Å². The number of halogens is 1. The average molecular weight is 483 g/mol. The van der Waals surface area contributed by atoms with Gasteiger partial charge >= 0.3 is 0 Å². The summed E-state index contributed by atoms with van der Waals surface area (Å²) in [6.45, 7) is 9.04. The molecule has 2 amide bonds. The minimum Gasteiger partial charge on any atom is -0.505 e. The van der Waals surface area contributed by atoms with Crippen molar-refractivity contribution in [3.05, 3.63) is 40.8 Å². The monoisotopic (exact) mass is 482 g/mol. The Kier molecular flexibility index (Phi) is 5.98. The van der Waals surface area contributed by atoms with Crippen molar-refractivity contribution in [2.75, 3.05) is 42.5 Å². The van der Waals surface area contributed by atoms with Gasteiger partial charge in [0.15, 0.2) is 11.6 Å². The lowest BCUT2D eigenvalue weighted by molar-refractivity contribution is -0.129. The summed E-state index contributed by atoms with van der Waals surface area (Å²) in [5.74, 6) is 0.131. The van der Waals surface area contributed by atoms with Gasteiger partial charge in [0, 0.05) is 51.3 Å². The Hall–Kier alpha value is -3.43. The van der Waals surface area contributed by atoms with Crippen molar-refractivity contribution in [3.8, 4) is 5.75 Å². The molecule has 1 aromatic carbocycles. The van der Waals surface area contributed by atoms with E-state index >= 15 is 0 Å². The number of nitrogens with zero attached hydrogens (tertiary/aromatic N) is 6. The average Bonchev–Trinajstić information content (AvgIpc) is 3.45. The summed E-state index contributed by atoms with van der Waals surface area (Å²) in [4.78, 5) is 42.5. The Morgan fingerprint density at radius 1 is 1.14 bits per heavy atom. The molecule has 186 valence electrons. The van der Waals surface area contributed by atoms with Gasteiger partial charge in [0.2, 0.25) is 11.9 Å². The molecule has 3 aliphatic rings. The summed E-state index contributed by atoms with van der Waals surface area (Å²) >= 11 is 0. The molecule has 0 aliphatic carbocycles. The van der Waals surface area contributed by atoms with Gasteiger partial charge in [-0.15, -0.1) is 0 Å². The number of carbonyl (C=O) groups excluding carboxylic acids is 2. The SMILES string of the molecule is CC(=O)N1CCN(c2nc3c(c(N4CCC[C@@H]4c4ccc(O)c(F)c4)n2)CN(C(C)C)C3=O)CC1. The van der Waals surface area contributed by atoms with Crippen LogP contribution in [0, 0.1) is 5.82 Å². The van der Waals surface area contributed by atoms with Crippen molar-refractivity contribution in [1.29, 1.82) is 0 Å². The van der Waals surface area contributed by atoms with E-state index < -0.39 is 5.82 Å². The molecule has 35 heavy (non-hydrogen) atoms. The van der Waals surface area contributed by atoms with E-state index in [0.717, 1.165) is 30.5 Å².